The lowest BCUT2D eigenvalue weighted by atomic mass is 9.81. The van der Waals surface area contributed by atoms with Gasteiger partial charge in [-0.2, -0.15) is 0 Å². The Morgan fingerprint density at radius 2 is 1.77 bits per heavy atom. The molecule has 3 rings (SSSR count). The van der Waals surface area contributed by atoms with Gasteiger partial charge in [0.25, 0.3) is 0 Å². The number of methoxy groups -OCH3 is 1. The number of aromatic hydroxyl groups is 1. The first-order valence-electron chi connectivity index (χ1n) is 12.6. The molecule has 2 aromatic rings. The number of rotatable bonds is 8. The average Bonchev–Trinajstić information content (AvgIpc) is 2.93. The molecule has 1 aliphatic rings. The zero-order valence-electron chi connectivity index (χ0n) is 22.3. The van der Waals surface area contributed by atoms with Crippen molar-refractivity contribution >= 4 is 34.8 Å². The second kappa shape index (κ2) is 12.6. The van der Waals surface area contributed by atoms with Gasteiger partial charge in [0.05, 0.1) is 36.6 Å². The maximum atomic E-state index is 13.5. The summed E-state index contributed by atoms with van der Waals surface area (Å²) in [6.45, 7) is 4.41. The van der Waals surface area contributed by atoms with E-state index in [2.05, 4.69) is 10.3 Å². The predicted molar refractivity (Wildman–Crippen MR) is 140 cm³/mol. The summed E-state index contributed by atoms with van der Waals surface area (Å²) in [5.41, 5.74) is 7.02. The minimum Gasteiger partial charge on any atom is -0.503 e. The molecule has 0 saturated heterocycles. The van der Waals surface area contributed by atoms with Gasteiger partial charge in [-0.25, -0.2) is 0 Å². The van der Waals surface area contributed by atoms with Gasteiger partial charge in [0.15, 0.2) is 11.5 Å². The summed E-state index contributed by atoms with van der Waals surface area (Å²) in [6, 6.07) is 6.70. The van der Waals surface area contributed by atoms with Gasteiger partial charge in [-0.1, -0.05) is 32.9 Å². The zero-order chi connectivity index (χ0) is 28.9. The van der Waals surface area contributed by atoms with Crippen molar-refractivity contribution in [3.8, 4) is 11.5 Å². The van der Waals surface area contributed by atoms with Crippen LogP contribution in [0.2, 0.25) is 0 Å². The number of aromatic nitrogens is 1. The number of anilines is 1. The van der Waals surface area contributed by atoms with Crippen LogP contribution in [0.1, 0.15) is 38.4 Å². The van der Waals surface area contributed by atoms with E-state index in [0.29, 0.717) is 11.3 Å². The van der Waals surface area contributed by atoms with E-state index in [1.54, 1.807) is 38.1 Å². The number of Topliss-reactive ketones (excluding diaryl/α,β-unsaturated/α-hetero) is 4. The normalized spacial score (nSPS) is 22.3. The number of esters is 1. The van der Waals surface area contributed by atoms with Crippen molar-refractivity contribution in [2.45, 2.75) is 52.3 Å². The number of nitrogens with zero attached hydrogens (tertiary/aromatic N) is 1. The Bertz CT molecular complexity index is 1260. The minimum atomic E-state index is -1.36. The highest BCUT2D eigenvalue weighted by molar-refractivity contribution is 6.44. The lowest BCUT2D eigenvalue weighted by molar-refractivity contribution is -0.163. The molecule has 1 saturated carbocycles. The largest absolute Gasteiger partial charge is 0.503 e. The van der Waals surface area contributed by atoms with E-state index in [4.69, 9.17) is 15.2 Å². The monoisotopic (exact) mass is 539 g/mol. The quantitative estimate of drug-likeness (QED) is 0.252. The van der Waals surface area contributed by atoms with Gasteiger partial charge >= 0.3 is 5.97 Å². The van der Waals surface area contributed by atoms with Gasteiger partial charge in [-0.15, -0.1) is 0 Å². The lowest BCUT2D eigenvalue weighted by Crippen LogP contribution is -2.46. The van der Waals surface area contributed by atoms with Crippen molar-refractivity contribution in [1.29, 1.82) is 0 Å². The molecule has 1 aliphatic carbocycles. The molecule has 0 spiro atoms. The molecule has 4 N–H and O–H groups in total. The summed E-state index contributed by atoms with van der Waals surface area (Å²) in [7, 11) is 1.36. The standard InChI is InChI=1S/C28H33N3O8/c1-14(2)28(37)39-27-15(3)23(33)26(36)19(31-13-20-25(35)22(38-4)9-10-30-20)12-21(32)24(34)18(27)11-16-5-7-17(29)8-6-16/h5-10,14-15,18-19,27,31,35H,11-13,29H2,1-4H3/t15-,18+,19+,27-/m1/s1. The molecular weight excluding hydrogens is 506 g/mol. The van der Waals surface area contributed by atoms with Crippen LogP contribution in [0.4, 0.5) is 5.69 Å². The predicted octanol–water partition coefficient (Wildman–Crippen LogP) is 1.58. The molecular formula is C28H33N3O8. The van der Waals surface area contributed by atoms with Gasteiger partial charge in [0.2, 0.25) is 23.1 Å². The van der Waals surface area contributed by atoms with E-state index in [9.17, 15) is 29.1 Å². The first-order chi connectivity index (χ1) is 18.4. The third-order valence-corrected chi connectivity index (χ3v) is 6.72. The van der Waals surface area contributed by atoms with Crippen LogP contribution in [-0.2, 0) is 41.7 Å². The maximum absolute atomic E-state index is 13.5. The fraction of sp³-hybridized carbons (Fsp3) is 0.429. The van der Waals surface area contributed by atoms with Gasteiger partial charge in [-0.05, 0) is 24.1 Å². The summed E-state index contributed by atoms with van der Waals surface area (Å²) in [5, 5.41) is 13.1. The van der Waals surface area contributed by atoms with Crippen molar-refractivity contribution < 1.29 is 38.6 Å². The number of nitrogens with one attached hydrogen (secondary N) is 1. The Hall–Kier alpha value is -4.12. The zero-order valence-corrected chi connectivity index (χ0v) is 22.3. The first kappa shape index (κ1) is 29.4. The average molecular weight is 540 g/mol. The van der Waals surface area contributed by atoms with Gasteiger partial charge in [0, 0.05) is 30.9 Å². The first-order valence-corrected chi connectivity index (χ1v) is 12.6. The van der Waals surface area contributed by atoms with E-state index in [-0.39, 0.29) is 30.2 Å². The minimum absolute atomic E-state index is 0.00754. The number of hydrogen-bond acceptors (Lipinski definition) is 11. The Labute approximate surface area is 226 Å². The number of pyridine rings is 1. The van der Waals surface area contributed by atoms with Gasteiger partial charge < -0.3 is 25.6 Å². The van der Waals surface area contributed by atoms with Crippen LogP contribution in [0.3, 0.4) is 0 Å². The third kappa shape index (κ3) is 6.85. The fourth-order valence-corrected chi connectivity index (χ4v) is 4.36. The van der Waals surface area contributed by atoms with Crippen molar-refractivity contribution in [2.24, 2.45) is 17.8 Å². The Morgan fingerprint density at radius 1 is 1.10 bits per heavy atom. The molecule has 0 amide bonds. The number of carbonyl (C=O) groups is 5. The molecule has 1 aromatic heterocycles. The molecule has 208 valence electrons. The van der Waals surface area contributed by atoms with E-state index in [0.717, 1.165) is 0 Å². The van der Waals surface area contributed by atoms with Gasteiger partial charge in [0.1, 0.15) is 6.10 Å². The summed E-state index contributed by atoms with van der Waals surface area (Å²) >= 11 is 0. The summed E-state index contributed by atoms with van der Waals surface area (Å²) < 4.78 is 10.7. The molecule has 0 unspecified atom stereocenters. The number of nitrogen functional groups attached to an aromatic ring is 1. The SMILES string of the molecule is COc1ccnc(CN[C@H]2CC(=O)C(=O)[C@H](Cc3ccc(N)cc3)[C@H](OC(=O)C(C)C)[C@H](C)C(=O)C2=O)c1O. The number of ether oxygens (including phenoxy) is 2. The number of hydrogen-bond donors (Lipinski definition) is 3. The van der Waals surface area contributed by atoms with Crippen LogP contribution >= 0.6 is 0 Å². The molecule has 0 radical (unpaired) electrons. The molecule has 1 fully saturated rings. The molecule has 1 aromatic carbocycles. The smallest absolute Gasteiger partial charge is 0.308 e. The van der Waals surface area contributed by atoms with Crippen molar-refractivity contribution in [3.05, 3.63) is 47.8 Å². The van der Waals surface area contributed by atoms with Crippen molar-refractivity contribution in [3.63, 3.8) is 0 Å². The summed E-state index contributed by atoms with van der Waals surface area (Å²) in [6.07, 6.45) is -0.554. The van der Waals surface area contributed by atoms with E-state index in [1.807, 2.05) is 0 Å². The van der Waals surface area contributed by atoms with Crippen LogP contribution in [-0.4, -0.2) is 58.4 Å². The molecule has 0 aliphatic heterocycles. The van der Waals surface area contributed by atoms with E-state index >= 15 is 0 Å². The fourth-order valence-electron chi connectivity index (χ4n) is 4.36. The number of carbonyl (C=O) groups excluding carboxylic acids is 5. The van der Waals surface area contributed by atoms with E-state index < -0.39 is 65.4 Å². The van der Waals surface area contributed by atoms with Crippen molar-refractivity contribution in [2.75, 3.05) is 12.8 Å². The highest BCUT2D eigenvalue weighted by Gasteiger charge is 2.46. The number of benzene rings is 1. The van der Waals surface area contributed by atoms with Crippen LogP contribution in [0.15, 0.2) is 36.5 Å². The summed E-state index contributed by atoms with van der Waals surface area (Å²) in [4.78, 5) is 70.0. The molecule has 11 heteroatoms. The van der Waals surface area contributed by atoms with Gasteiger partial charge in [-0.3, -0.25) is 29.0 Å². The summed E-state index contributed by atoms with van der Waals surface area (Å²) in [5.74, 6) is -7.33. The topological polar surface area (TPSA) is 175 Å². The molecule has 39 heavy (non-hydrogen) atoms. The Kier molecular flexibility index (Phi) is 9.52. The Morgan fingerprint density at radius 3 is 2.38 bits per heavy atom. The molecule has 4 atom stereocenters. The second-order valence-electron chi connectivity index (χ2n) is 9.86. The number of ketones is 4. The van der Waals surface area contributed by atoms with Crippen LogP contribution in [0, 0.1) is 17.8 Å². The highest BCUT2D eigenvalue weighted by atomic mass is 16.5. The molecule has 11 nitrogen and oxygen atoms in total. The van der Waals surface area contributed by atoms with Crippen LogP contribution in [0.5, 0.6) is 11.5 Å². The highest BCUT2D eigenvalue weighted by Crippen LogP contribution is 2.29. The van der Waals surface area contributed by atoms with E-state index in [1.165, 1.54) is 26.3 Å². The second-order valence-corrected chi connectivity index (χ2v) is 9.86. The molecule has 1 heterocycles. The third-order valence-electron chi connectivity index (χ3n) is 6.72. The van der Waals surface area contributed by atoms with Crippen LogP contribution < -0.4 is 15.8 Å². The van der Waals surface area contributed by atoms with Crippen LogP contribution in [0.25, 0.3) is 0 Å². The van der Waals surface area contributed by atoms with Crippen molar-refractivity contribution in [1.82, 2.24) is 10.3 Å². The lowest BCUT2D eigenvalue weighted by Gasteiger charge is -2.29. The Balaban J connectivity index is 1.96. The number of nitrogens with two attached hydrogens (primary N) is 1. The maximum Gasteiger partial charge on any atom is 0.308 e. The molecule has 0 bridgehead atoms.